The van der Waals surface area contributed by atoms with E-state index in [1.165, 1.54) is 26.2 Å². The van der Waals surface area contributed by atoms with Crippen molar-refractivity contribution in [3.05, 3.63) is 29.5 Å². The Morgan fingerprint density at radius 1 is 1.11 bits per heavy atom. The fourth-order valence-electron chi connectivity index (χ4n) is 2.58. The van der Waals surface area contributed by atoms with Gasteiger partial charge in [-0.25, -0.2) is 9.59 Å². The van der Waals surface area contributed by atoms with Crippen LogP contribution in [0.15, 0.2) is 29.5 Å². The third-order valence-corrected chi connectivity index (χ3v) is 4.11. The smallest absolute Gasteiger partial charge is 0.355 e. The zero-order valence-corrected chi connectivity index (χ0v) is 16.5. The fraction of sp³-hybridized carbons (Fsp3) is 0.421. The van der Waals surface area contributed by atoms with E-state index in [9.17, 15) is 14.4 Å². The van der Waals surface area contributed by atoms with Crippen LogP contribution in [0.5, 0.6) is 5.75 Å². The first-order valence-electron chi connectivity index (χ1n) is 8.58. The first-order chi connectivity index (χ1) is 13.3. The van der Waals surface area contributed by atoms with Crippen LogP contribution in [0.1, 0.15) is 13.8 Å². The Bertz CT molecular complexity index is 801. The average molecular weight is 392 g/mol. The molecule has 0 atom stereocenters. The van der Waals surface area contributed by atoms with E-state index in [2.05, 4.69) is 5.32 Å². The zero-order valence-electron chi connectivity index (χ0n) is 16.5. The Kier molecular flexibility index (Phi) is 7.00. The minimum absolute atomic E-state index is 0.0196. The highest BCUT2D eigenvalue weighted by Gasteiger charge is 2.32. The molecule has 1 aliphatic rings. The second-order valence-electron chi connectivity index (χ2n) is 6.24. The summed E-state index contributed by atoms with van der Waals surface area (Å²) in [6.45, 7) is 3.51. The molecule has 1 heterocycles. The lowest BCUT2D eigenvalue weighted by atomic mass is 10.1. The first-order valence-corrected chi connectivity index (χ1v) is 8.58. The lowest BCUT2D eigenvalue weighted by Crippen LogP contribution is -2.38. The van der Waals surface area contributed by atoms with Gasteiger partial charge in [-0.2, -0.15) is 0 Å². The van der Waals surface area contributed by atoms with E-state index in [1.807, 2.05) is 0 Å². The molecule has 9 heteroatoms. The number of rotatable bonds is 6. The van der Waals surface area contributed by atoms with Gasteiger partial charge in [-0.05, 0) is 12.1 Å². The van der Waals surface area contributed by atoms with Crippen LogP contribution in [0.3, 0.4) is 0 Å². The number of carbonyl (C=O) groups is 3. The van der Waals surface area contributed by atoms with Crippen LogP contribution < -0.4 is 15.0 Å². The summed E-state index contributed by atoms with van der Waals surface area (Å²) in [6, 6.07) is 4.95. The maximum Gasteiger partial charge on any atom is 0.355 e. The van der Waals surface area contributed by atoms with E-state index < -0.39 is 11.9 Å². The van der Waals surface area contributed by atoms with Gasteiger partial charge in [-0.1, -0.05) is 13.8 Å². The van der Waals surface area contributed by atoms with Crippen LogP contribution in [-0.2, 0) is 28.6 Å². The Morgan fingerprint density at radius 2 is 1.79 bits per heavy atom. The Hall–Kier alpha value is -3.07. The number of hydrogen-bond acceptors (Lipinski definition) is 8. The van der Waals surface area contributed by atoms with Gasteiger partial charge >= 0.3 is 11.9 Å². The maximum atomic E-state index is 12.3. The fourth-order valence-corrected chi connectivity index (χ4v) is 2.58. The third kappa shape index (κ3) is 4.42. The van der Waals surface area contributed by atoms with Crippen molar-refractivity contribution in [1.29, 1.82) is 0 Å². The van der Waals surface area contributed by atoms with Crippen LogP contribution >= 0.6 is 0 Å². The standard InChI is InChI=1S/C19H24N2O7/c1-11(2)17(22)20-14-7-6-12(8-15(14)25-3)21-10-28-9-13(18(23)26-4)16(21)19(24)27-5/h6-8,11H,9-10H2,1-5H3,(H,20,22). The van der Waals surface area contributed by atoms with Crippen molar-refractivity contribution in [2.24, 2.45) is 5.92 Å². The van der Waals surface area contributed by atoms with Gasteiger partial charge in [-0.15, -0.1) is 0 Å². The number of nitrogens with one attached hydrogen (secondary N) is 1. The van der Waals surface area contributed by atoms with Crippen LogP contribution in [0.2, 0.25) is 0 Å². The van der Waals surface area contributed by atoms with Gasteiger partial charge in [-0.3, -0.25) is 4.79 Å². The van der Waals surface area contributed by atoms with Crippen molar-refractivity contribution in [2.75, 3.05) is 44.9 Å². The van der Waals surface area contributed by atoms with Gasteiger partial charge in [0.15, 0.2) is 0 Å². The van der Waals surface area contributed by atoms with Crippen molar-refractivity contribution < 1.29 is 33.3 Å². The second-order valence-corrected chi connectivity index (χ2v) is 6.24. The van der Waals surface area contributed by atoms with Crippen molar-refractivity contribution in [3.8, 4) is 5.75 Å². The molecule has 1 aliphatic heterocycles. The van der Waals surface area contributed by atoms with E-state index in [0.29, 0.717) is 17.1 Å². The number of anilines is 2. The molecule has 152 valence electrons. The Morgan fingerprint density at radius 3 is 2.36 bits per heavy atom. The molecule has 0 radical (unpaired) electrons. The van der Waals surface area contributed by atoms with Crippen LogP contribution in [0, 0.1) is 5.92 Å². The molecule has 0 fully saturated rings. The maximum absolute atomic E-state index is 12.3. The summed E-state index contributed by atoms with van der Waals surface area (Å²) in [7, 11) is 3.91. The molecular weight excluding hydrogens is 368 g/mol. The number of amides is 1. The topological polar surface area (TPSA) is 103 Å². The molecule has 0 spiro atoms. The highest BCUT2D eigenvalue weighted by molar-refractivity contribution is 6.03. The number of ether oxygens (including phenoxy) is 4. The monoisotopic (exact) mass is 392 g/mol. The number of nitrogens with zero attached hydrogens (tertiary/aromatic N) is 1. The van der Waals surface area contributed by atoms with Crippen LogP contribution in [0.25, 0.3) is 0 Å². The Balaban J connectivity index is 2.48. The minimum Gasteiger partial charge on any atom is -0.494 e. The zero-order chi connectivity index (χ0) is 20.8. The molecule has 0 bridgehead atoms. The molecule has 28 heavy (non-hydrogen) atoms. The highest BCUT2D eigenvalue weighted by Crippen LogP contribution is 2.33. The summed E-state index contributed by atoms with van der Waals surface area (Å²) < 4.78 is 20.4. The molecular formula is C19H24N2O7. The van der Waals surface area contributed by atoms with Crippen molar-refractivity contribution in [3.63, 3.8) is 0 Å². The van der Waals surface area contributed by atoms with Gasteiger partial charge in [0.25, 0.3) is 0 Å². The summed E-state index contributed by atoms with van der Waals surface area (Å²) in [5.74, 6) is -1.34. The van der Waals surface area contributed by atoms with E-state index >= 15 is 0 Å². The lowest BCUT2D eigenvalue weighted by Gasteiger charge is -2.31. The van der Waals surface area contributed by atoms with Gasteiger partial charge < -0.3 is 29.2 Å². The molecule has 1 aromatic rings. The lowest BCUT2D eigenvalue weighted by molar-refractivity contribution is -0.140. The Labute approximate surface area is 163 Å². The minimum atomic E-state index is -0.695. The summed E-state index contributed by atoms with van der Waals surface area (Å²) in [5.41, 5.74) is 1.08. The predicted octanol–water partition coefficient (Wildman–Crippen LogP) is 1.68. The van der Waals surface area contributed by atoms with Crippen molar-refractivity contribution in [2.45, 2.75) is 13.8 Å². The summed E-state index contributed by atoms with van der Waals surface area (Å²) in [6.07, 6.45) is 0. The highest BCUT2D eigenvalue weighted by atomic mass is 16.5. The van der Waals surface area contributed by atoms with Crippen molar-refractivity contribution in [1.82, 2.24) is 0 Å². The van der Waals surface area contributed by atoms with E-state index in [4.69, 9.17) is 18.9 Å². The number of methoxy groups -OCH3 is 3. The van der Waals surface area contributed by atoms with Crippen LogP contribution in [0.4, 0.5) is 11.4 Å². The predicted molar refractivity (Wildman–Crippen MR) is 101 cm³/mol. The van der Waals surface area contributed by atoms with E-state index in [0.717, 1.165) is 0 Å². The van der Waals surface area contributed by atoms with E-state index in [1.54, 1.807) is 32.0 Å². The average Bonchev–Trinajstić information content (AvgIpc) is 2.72. The molecule has 0 aliphatic carbocycles. The molecule has 0 saturated heterocycles. The largest absolute Gasteiger partial charge is 0.494 e. The SMILES string of the molecule is COC(=O)C1=C(C(=O)OC)N(c2ccc(NC(=O)C(C)C)c(OC)c2)COC1. The molecule has 0 saturated carbocycles. The molecule has 0 aromatic heterocycles. The van der Waals surface area contributed by atoms with Gasteiger partial charge in [0, 0.05) is 17.7 Å². The summed E-state index contributed by atoms with van der Waals surface area (Å²) in [5, 5.41) is 2.78. The first kappa shape index (κ1) is 21.2. The van der Waals surface area contributed by atoms with Crippen molar-refractivity contribution >= 4 is 29.2 Å². The van der Waals surface area contributed by atoms with Gasteiger partial charge in [0.1, 0.15) is 18.2 Å². The quantitative estimate of drug-likeness (QED) is 0.730. The number of carbonyl (C=O) groups excluding carboxylic acids is 3. The third-order valence-electron chi connectivity index (χ3n) is 4.11. The molecule has 1 N–H and O–H groups in total. The number of esters is 2. The van der Waals surface area contributed by atoms with Crippen LogP contribution in [-0.4, -0.2) is 52.5 Å². The van der Waals surface area contributed by atoms with Gasteiger partial charge in [0.2, 0.25) is 5.91 Å². The normalized spacial score (nSPS) is 14.0. The molecule has 9 nitrogen and oxygen atoms in total. The van der Waals surface area contributed by atoms with E-state index in [-0.39, 0.29) is 36.4 Å². The molecule has 1 amide bonds. The molecule has 1 aromatic carbocycles. The number of benzene rings is 1. The second kappa shape index (κ2) is 9.23. The summed E-state index contributed by atoms with van der Waals surface area (Å²) in [4.78, 5) is 37.9. The molecule has 0 unspecified atom stereocenters. The van der Waals surface area contributed by atoms with Gasteiger partial charge in [0.05, 0.1) is 39.2 Å². The molecule has 2 rings (SSSR count). The summed E-state index contributed by atoms with van der Waals surface area (Å²) >= 11 is 0. The number of hydrogen-bond donors (Lipinski definition) is 1.